The van der Waals surface area contributed by atoms with Gasteiger partial charge in [-0.05, 0) is 44.5 Å². The molecule has 0 atom stereocenters. The Labute approximate surface area is 195 Å². The van der Waals surface area contributed by atoms with E-state index in [0.717, 1.165) is 16.3 Å². The van der Waals surface area contributed by atoms with Gasteiger partial charge >= 0.3 is 12.1 Å². The van der Waals surface area contributed by atoms with Gasteiger partial charge in [0.05, 0.1) is 25.5 Å². The SMILES string of the molecule is COC(=O)c1cc(F)cc(CNc2ncc(-c3cnn(C(=O)OC(C)(C)C)c3)c3c2CCO3)c1. The molecule has 1 aromatic carbocycles. The van der Waals surface area contributed by atoms with Crippen LogP contribution in [0.25, 0.3) is 11.1 Å². The molecule has 34 heavy (non-hydrogen) atoms. The van der Waals surface area contributed by atoms with Crippen LogP contribution in [0.5, 0.6) is 5.75 Å². The van der Waals surface area contributed by atoms with Crippen LogP contribution < -0.4 is 10.1 Å². The van der Waals surface area contributed by atoms with Crippen molar-refractivity contribution < 1.29 is 28.2 Å². The van der Waals surface area contributed by atoms with Crippen LogP contribution in [0.15, 0.2) is 36.8 Å². The highest BCUT2D eigenvalue weighted by Crippen LogP contribution is 2.39. The van der Waals surface area contributed by atoms with Crippen molar-refractivity contribution in [2.24, 2.45) is 0 Å². The maximum absolute atomic E-state index is 13.9. The Kier molecular flexibility index (Phi) is 6.23. The predicted octanol–water partition coefficient (Wildman–Crippen LogP) is 4.20. The highest BCUT2D eigenvalue weighted by atomic mass is 19.1. The first kappa shape index (κ1) is 23.2. The summed E-state index contributed by atoms with van der Waals surface area (Å²) in [7, 11) is 1.25. The molecule has 3 aromatic rings. The number of carbonyl (C=O) groups excluding carboxylic acids is 2. The Balaban J connectivity index is 1.55. The first-order valence-corrected chi connectivity index (χ1v) is 10.7. The van der Waals surface area contributed by atoms with Crippen LogP contribution in [0.3, 0.4) is 0 Å². The highest BCUT2D eigenvalue weighted by Gasteiger charge is 2.24. The molecule has 0 bridgehead atoms. The second kappa shape index (κ2) is 9.12. The number of nitrogens with one attached hydrogen (secondary N) is 1. The lowest BCUT2D eigenvalue weighted by Crippen LogP contribution is -2.27. The van der Waals surface area contributed by atoms with Gasteiger partial charge in [-0.3, -0.25) is 0 Å². The van der Waals surface area contributed by atoms with Crippen LogP contribution in [-0.4, -0.2) is 46.1 Å². The fourth-order valence-corrected chi connectivity index (χ4v) is 3.59. The molecule has 9 nitrogen and oxygen atoms in total. The number of ether oxygens (including phenoxy) is 3. The zero-order chi connectivity index (χ0) is 24.5. The van der Waals surface area contributed by atoms with E-state index in [9.17, 15) is 14.0 Å². The van der Waals surface area contributed by atoms with E-state index in [1.54, 1.807) is 45.4 Å². The molecule has 0 spiro atoms. The van der Waals surface area contributed by atoms with Crippen molar-refractivity contribution in [1.29, 1.82) is 0 Å². The van der Waals surface area contributed by atoms with Crippen LogP contribution in [0.1, 0.15) is 42.3 Å². The number of esters is 1. The van der Waals surface area contributed by atoms with Crippen molar-refractivity contribution >= 4 is 17.9 Å². The molecule has 2 aromatic heterocycles. The Morgan fingerprint density at radius 2 is 2.03 bits per heavy atom. The Bertz CT molecular complexity index is 1250. The standard InChI is InChI=1S/C24H25FN4O5/c1-24(2,3)34-23(31)29-13-16(11-28-29)19-12-27-21(18-5-6-33-20(18)19)26-10-14-7-15(22(30)32-4)9-17(25)8-14/h7-9,11-13H,5-6,10H2,1-4H3,(H,26,27). The first-order valence-electron chi connectivity index (χ1n) is 10.7. The molecule has 0 aliphatic carbocycles. The number of fused-ring (bicyclic) bond motifs is 1. The summed E-state index contributed by atoms with van der Waals surface area (Å²) in [5.74, 6) is 0.110. The quantitative estimate of drug-likeness (QED) is 0.556. The van der Waals surface area contributed by atoms with Crippen molar-refractivity contribution in [3.05, 3.63) is 59.3 Å². The van der Waals surface area contributed by atoms with Gasteiger partial charge in [0.2, 0.25) is 0 Å². The van der Waals surface area contributed by atoms with E-state index in [4.69, 9.17) is 9.47 Å². The van der Waals surface area contributed by atoms with Crippen LogP contribution in [0, 0.1) is 5.82 Å². The number of methoxy groups -OCH3 is 1. The van der Waals surface area contributed by atoms with Gasteiger partial charge < -0.3 is 19.5 Å². The predicted molar refractivity (Wildman–Crippen MR) is 121 cm³/mol. The third-order valence-corrected chi connectivity index (χ3v) is 5.04. The largest absolute Gasteiger partial charge is 0.492 e. The molecule has 10 heteroatoms. The van der Waals surface area contributed by atoms with Crippen molar-refractivity contribution in [3.63, 3.8) is 0 Å². The van der Waals surface area contributed by atoms with Gasteiger partial charge in [-0.25, -0.2) is 19.0 Å². The topological polar surface area (TPSA) is 105 Å². The third kappa shape index (κ3) is 5.00. The molecule has 1 aliphatic heterocycles. The molecule has 3 heterocycles. The number of halogens is 1. The Morgan fingerprint density at radius 1 is 1.24 bits per heavy atom. The zero-order valence-electron chi connectivity index (χ0n) is 19.3. The number of carbonyl (C=O) groups is 2. The van der Waals surface area contributed by atoms with Crippen molar-refractivity contribution in [2.75, 3.05) is 19.0 Å². The number of aromatic nitrogens is 3. The maximum Gasteiger partial charge on any atom is 0.435 e. The minimum atomic E-state index is -0.637. The fraction of sp³-hybridized carbons (Fsp3) is 0.333. The number of hydrogen-bond acceptors (Lipinski definition) is 8. The minimum absolute atomic E-state index is 0.137. The second-order valence-electron chi connectivity index (χ2n) is 8.77. The van der Waals surface area contributed by atoms with Gasteiger partial charge in [-0.15, -0.1) is 0 Å². The summed E-state index contributed by atoms with van der Waals surface area (Å²) in [6.45, 7) is 6.08. The monoisotopic (exact) mass is 468 g/mol. The lowest BCUT2D eigenvalue weighted by atomic mass is 10.1. The number of hydrogen-bond donors (Lipinski definition) is 1. The van der Waals surface area contributed by atoms with Gasteiger partial charge in [-0.2, -0.15) is 9.78 Å². The van der Waals surface area contributed by atoms with E-state index in [1.807, 2.05) is 0 Å². The first-order chi connectivity index (χ1) is 16.1. The van der Waals surface area contributed by atoms with E-state index in [2.05, 4.69) is 20.1 Å². The van der Waals surface area contributed by atoms with E-state index >= 15 is 0 Å². The molecule has 0 fully saturated rings. The average Bonchev–Trinajstić information content (AvgIpc) is 3.45. The van der Waals surface area contributed by atoms with Crippen LogP contribution in [-0.2, 0) is 22.4 Å². The molecular weight excluding hydrogens is 443 g/mol. The number of anilines is 1. The summed E-state index contributed by atoms with van der Waals surface area (Å²) in [4.78, 5) is 28.6. The summed E-state index contributed by atoms with van der Waals surface area (Å²) in [6.07, 6.45) is 4.81. The van der Waals surface area contributed by atoms with Crippen molar-refractivity contribution in [2.45, 2.75) is 39.3 Å². The van der Waals surface area contributed by atoms with Gasteiger partial charge in [0.15, 0.2) is 0 Å². The Morgan fingerprint density at radius 3 is 2.76 bits per heavy atom. The van der Waals surface area contributed by atoms with Gasteiger partial charge in [0.1, 0.15) is 23.0 Å². The molecule has 1 aliphatic rings. The summed E-state index contributed by atoms with van der Waals surface area (Å²) < 4.78 is 31.0. The number of benzene rings is 1. The minimum Gasteiger partial charge on any atom is -0.492 e. The fourth-order valence-electron chi connectivity index (χ4n) is 3.59. The summed E-state index contributed by atoms with van der Waals surface area (Å²) in [5, 5.41) is 7.30. The number of pyridine rings is 1. The van der Waals surface area contributed by atoms with Crippen LogP contribution in [0.4, 0.5) is 15.0 Å². The number of nitrogens with zero attached hydrogens (tertiary/aromatic N) is 3. The molecule has 0 unspecified atom stereocenters. The average molecular weight is 468 g/mol. The van der Waals surface area contributed by atoms with Crippen LogP contribution >= 0.6 is 0 Å². The van der Waals surface area contributed by atoms with Gasteiger partial charge in [0.25, 0.3) is 0 Å². The van der Waals surface area contributed by atoms with E-state index in [0.29, 0.717) is 41.3 Å². The molecule has 1 N–H and O–H groups in total. The summed E-state index contributed by atoms with van der Waals surface area (Å²) >= 11 is 0. The molecular formula is C24H25FN4O5. The van der Waals surface area contributed by atoms with Gasteiger partial charge in [-0.1, -0.05) is 0 Å². The molecule has 4 rings (SSSR count). The molecule has 0 radical (unpaired) electrons. The number of rotatable bonds is 5. The van der Waals surface area contributed by atoms with Crippen molar-refractivity contribution in [1.82, 2.24) is 14.8 Å². The Hall–Kier alpha value is -3.95. The zero-order valence-corrected chi connectivity index (χ0v) is 19.3. The third-order valence-electron chi connectivity index (χ3n) is 5.04. The smallest absolute Gasteiger partial charge is 0.435 e. The molecule has 0 amide bonds. The van der Waals surface area contributed by atoms with E-state index < -0.39 is 23.5 Å². The lowest BCUT2D eigenvalue weighted by Gasteiger charge is -2.18. The summed E-state index contributed by atoms with van der Waals surface area (Å²) in [5.41, 5.74) is 2.30. The van der Waals surface area contributed by atoms with Crippen LogP contribution in [0.2, 0.25) is 0 Å². The van der Waals surface area contributed by atoms with Gasteiger partial charge in [0, 0.05) is 42.0 Å². The second-order valence-corrected chi connectivity index (χ2v) is 8.77. The normalized spacial score (nSPS) is 12.6. The molecule has 0 saturated carbocycles. The lowest BCUT2D eigenvalue weighted by molar-refractivity contribution is 0.0513. The van der Waals surface area contributed by atoms with Crippen molar-refractivity contribution in [3.8, 4) is 16.9 Å². The summed E-state index contributed by atoms with van der Waals surface area (Å²) in [6, 6.07) is 4.04. The highest BCUT2D eigenvalue weighted by molar-refractivity contribution is 5.89. The molecule has 0 saturated heterocycles. The maximum atomic E-state index is 13.9. The molecule has 178 valence electrons. The van der Waals surface area contributed by atoms with E-state index in [-0.39, 0.29) is 12.1 Å². The van der Waals surface area contributed by atoms with E-state index in [1.165, 1.54) is 13.2 Å².